The van der Waals surface area contributed by atoms with E-state index in [1.165, 1.54) is 0 Å². The molecule has 0 radical (unpaired) electrons. The van der Waals surface area contributed by atoms with E-state index in [2.05, 4.69) is 11.6 Å². The molecule has 0 aliphatic rings. The highest BCUT2D eigenvalue weighted by Crippen LogP contribution is 1.93. The van der Waals surface area contributed by atoms with Crippen LogP contribution in [0.1, 0.15) is 0 Å². The van der Waals surface area contributed by atoms with Crippen molar-refractivity contribution in [2.45, 2.75) is 5.63 Å². The zero-order valence-corrected chi connectivity index (χ0v) is 3.44. The molecule has 0 amide bonds. The Bertz CT molecular complexity index is 62.6. The van der Waals surface area contributed by atoms with Crippen molar-refractivity contribution < 1.29 is 14.3 Å². The van der Waals surface area contributed by atoms with E-state index in [9.17, 15) is 9.18 Å². The Labute approximate surface area is 38.5 Å². The van der Waals surface area contributed by atoms with Gasteiger partial charge in [-0.25, -0.2) is 9.18 Å². The molecule has 0 saturated heterocycles. The zero-order valence-electron chi connectivity index (χ0n) is 2.69. The molecule has 0 heterocycles. The van der Waals surface area contributed by atoms with Gasteiger partial charge in [-0.1, -0.05) is 11.6 Å². The minimum Gasteiger partial charge on any atom is -0.478 e. The van der Waals surface area contributed by atoms with Crippen molar-refractivity contribution in [1.82, 2.24) is 0 Å². The Morgan fingerprint density at radius 2 is 2.17 bits per heavy atom. The van der Waals surface area contributed by atoms with E-state index in [1.807, 2.05) is 0 Å². The molecule has 1 N–H and O–H groups in total. The standard InChI is InChI=1S/C2H2ClFO2/c3-1(4)2(5)6/h1H,(H,5,6)/t1-/m1/s1. The van der Waals surface area contributed by atoms with Crippen molar-refractivity contribution in [3.05, 3.63) is 0 Å². The van der Waals surface area contributed by atoms with Gasteiger partial charge in [0.05, 0.1) is 0 Å². The molecule has 0 aliphatic heterocycles. The highest BCUT2D eigenvalue weighted by molar-refractivity contribution is 6.28. The summed E-state index contributed by atoms with van der Waals surface area (Å²) in [5, 5.41) is 7.48. The molecule has 0 spiro atoms. The topological polar surface area (TPSA) is 37.3 Å². The molecule has 2 nitrogen and oxygen atoms in total. The van der Waals surface area contributed by atoms with Crippen LogP contribution in [0.25, 0.3) is 0 Å². The highest BCUT2D eigenvalue weighted by atomic mass is 35.5. The molecule has 0 fully saturated rings. The normalized spacial score (nSPS) is 13.7. The van der Waals surface area contributed by atoms with E-state index in [0.717, 1.165) is 0 Å². The van der Waals surface area contributed by atoms with Gasteiger partial charge in [0.25, 0.3) is 5.63 Å². The lowest BCUT2D eigenvalue weighted by molar-refractivity contribution is -0.139. The fourth-order valence-electron chi connectivity index (χ4n) is 0. The summed E-state index contributed by atoms with van der Waals surface area (Å²) in [6.07, 6.45) is 0. The third kappa shape index (κ3) is 1.96. The van der Waals surface area contributed by atoms with Crippen molar-refractivity contribution in [3.8, 4) is 0 Å². The summed E-state index contributed by atoms with van der Waals surface area (Å²) < 4.78 is 11.0. The fraction of sp³-hybridized carbons (Fsp3) is 0.500. The van der Waals surface area contributed by atoms with Crippen molar-refractivity contribution in [1.29, 1.82) is 0 Å². The number of carboxylic acid groups (broad SMARTS) is 1. The summed E-state index contributed by atoms with van der Waals surface area (Å²) in [7, 11) is 0. The summed E-state index contributed by atoms with van der Waals surface area (Å²) in [4.78, 5) is 9.19. The predicted octanol–water partition coefficient (Wildman–Crippen LogP) is 0.605. The number of rotatable bonds is 1. The quantitative estimate of drug-likeness (QED) is 0.505. The molecule has 0 unspecified atom stereocenters. The number of hydrogen-bond donors (Lipinski definition) is 1. The summed E-state index contributed by atoms with van der Waals surface area (Å²) >= 11 is 4.35. The Morgan fingerprint density at radius 1 is 2.00 bits per heavy atom. The van der Waals surface area contributed by atoms with Gasteiger partial charge in [-0.05, 0) is 0 Å². The molecule has 0 aromatic carbocycles. The number of aliphatic carboxylic acids is 1. The van der Waals surface area contributed by atoms with Crippen LogP contribution >= 0.6 is 11.6 Å². The van der Waals surface area contributed by atoms with Gasteiger partial charge in [0.1, 0.15) is 0 Å². The summed E-state index contributed by atoms with van der Waals surface area (Å²) in [6.45, 7) is 0. The maximum absolute atomic E-state index is 11.0. The van der Waals surface area contributed by atoms with Gasteiger partial charge >= 0.3 is 5.97 Å². The van der Waals surface area contributed by atoms with Crippen LogP contribution in [-0.4, -0.2) is 16.7 Å². The van der Waals surface area contributed by atoms with Gasteiger partial charge in [-0.2, -0.15) is 0 Å². The Kier molecular flexibility index (Phi) is 1.87. The molecule has 4 heteroatoms. The van der Waals surface area contributed by atoms with Crippen LogP contribution in [0.15, 0.2) is 0 Å². The Morgan fingerprint density at radius 3 is 2.17 bits per heavy atom. The number of carboxylic acids is 1. The Hall–Kier alpha value is -0.310. The van der Waals surface area contributed by atoms with E-state index >= 15 is 0 Å². The average molecular weight is 112 g/mol. The highest BCUT2D eigenvalue weighted by Gasteiger charge is 2.07. The monoisotopic (exact) mass is 112 g/mol. The average Bonchev–Trinajstić information content (AvgIpc) is 1.36. The minimum absolute atomic E-state index is 1.64. The smallest absolute Gasteiger partial charge is 0.354 e. The van der Waals surface area contributed by atoms with Crippen LogP contribution in [0, 0.1) is 0 Å². The van der Waals surface area contributed by atoms with Crippen LogP contribution in [0.2, 0.25) is 0 Å². The maximum Gasteiger partial charge on any atom is 0.354 e. The second-order valence-corrected chi connectivity index (χ2v) is 1.02. The van der Waals surface area contributed by atoms with Gasteiger partial charge in [0.15, 0.2) is 0 Å². The van der Waals surface area contributed by atoms with Crippen molar-refractivity contribution in [2.75, 3.05) is 0 Å². The zero-order chi connectivity index (χ0) is 5.15. The first kappa shape index (κ1) is 5.69. The molecule has 0 saturated carbocycles. The van der Waals surface area contributed by atoms with E-state index in [-0.39, 0.29) is 0 Å². The molecule has 6 heavy (non-hydrogen) atoms. The van der Waals surface area contributed by atoms with E-state index in [0.29, 0.717) is 0 Å². The molecule has 1 atom stereocenters. The molecule has 36 valence electrons. The van der Waals surface area contributed by atoms with Gasteiger partial charge < -0.3 is 5.11 Å². The lowest BCUT2D eigenvalue weighted by Crippen LogP contribution is -2.05. The SMILES string of the molecule is O=C(O)[C@@H](F)Cl. The first-order chi connectivity index (χ1) is 2.64. The third-order valence-corrected chi connectivity index (χ3v) is 0.373. The molecular weight excluding hydrogens is 110 g/mol. The van der Waals surface area contributed by atoms with E-state index in [1.54, 1.807) is 0 Å². The molecule has 0 bridgehead atoms. The van der Waals surface area contributed by atoms with Gasteiger partial charge in [0, 0.05) is 0 Å². The largest absolute Gasteiger partial charge is 0.478 e. The van der Waals surface area contributed by atoms with Crippen LogP contribution in [0.5, 0.6) is 0 Å². The van der Waals surface area contributed by atoms with Crippen molar-refractivity contribution in [3.63, 3.8) is 0 Å². The van der Waals surface area contributed by atoms with Gasteiger partial charge in [-0.15, -0.1) is 0 Å². The van der Waals surface area contributed by atoms with E-state index < -0.39 is 11.6 Å². The fourth-order valence-corrected chi connectivity index (χ4v) is 0. The number of alkyl halides is 2. The van der Waals surface area contributed by atoms with Crippen LogP contribution in [0.4, 0.5) is 4.39 Å². The van der Waals surface area contributed by atoms with Gasteiger partial charge in [-0.3, -0.25) is 0 Å². The Balaban J connectivity index is 3.26. The summed E-state index contributed by atoms with van der Waals surface area (Å²) in [6, 6.07) is 0. The predicted molar refractivity (Wildman–Crippen MR) is 18.4 cm³/mol. The first-order valence-electron chi connectivity index (χ1n) is 1.15. The first-order valence-corrected chi connectivity index (χ1v) is 1.59. The third-order valence-electron chi connectivity index (χ3n) is 0.187. The number of hydrogen-bond acceptors (Lipinski definition) is 1. The van der Waals surface area contributed by atoms with Crippen LogP contribution < -0.4 is 0 Å². The molecule has 0 aromatic rings. The van der Waals surface area contributed by atoms with E-state index in [4.69, 9.17) is 5.11 Å². The molecule has 0 aromatic heterocycles. The molecule has 0 rings (SSSR count). The van der Waals surface area contributed by atoms with Crippen molar-refractivity contribution >= 4 is 17.6 Å². The van der Waals surface area contributed by atoms with Crippen molar-refractivity contribution in [2.24, 2.45) is 0 Å². The second-order valence-electron chi connectivity index (χ2n) is 0.639. The summed E-state index contributed by atoms with van der Waals surface area (Å²) in [5.74, 6) is -1.64. The van der Waals surface area contributed by atoms with Crippen LogP contribution in [-0.2, 0) is 4.79 Å². The molecular formula is C2H2ClFO2. The number of halogens is 2. The van der Waals surface area contributed by atoms with Gasteiger partial charge in [0.2, 0.25) is 0 Å². The second kappa shape index (κ2) is 1.97. The lowest BCUT2D eigenvalue weighted by Gasteiger charge is -1.82. The molecule has 0 aliphatic carbocycles. The lowest BCUT2D eigenvalue weighted by atomic mass is 10.8. The number of carbonyl (C=O) groups is 1. The summed E-state index contributed by atoms with van der Waals surface area (Å²) in [5.41, 5.74) is -2.26. The van der Waals surface area contributed by atoms with Crippen LogP contribution in [0.3, 0.4) is 0 Å². The minimum atomic E-state index is -2.26. The maximum atomic E-state index is 11.0.